The zero-order valence-corrected chi connectivity index (χ0v) is 12.3. The van der Waals surface area contributed by atoms with E-state index in [2.05, 4.69) is 10.6 Å². The first-order chi connectivity index (χ1) is 8.16. The molecule has 2 N–H and O–H groups in total. The summed E-state index contributed by atoms with van der Waals surface area (Å²) in [4.78, 5) is 11.9. The number of likely N-dealkylation sites (N-methyl/N-ethyl adjacent to an activating group) is 1. The maximum Gasteiger partial charge on any atom is 0.239 e. The first-order valence-corrected chi connectivity index (χ1v) is 7.96. The van der Waals surface area contributed by atoms with Gasteiger partial charge in [0.25, 0.3) is 0 Å². The highest BCUT2D eigenvalue weighted by Gasteiger charge is 2.30. The summed E-state index contributed by atoms with van der Waals surface area (Å²) in [5, 5.41) is 5.90. The molecule has 1 saturated heterocycles. The van der Waals surface area contributed by atoms with Crippen molar-refractivity contribution in [2.75, 3.05) is 26.4 Å². The second-order valence-corrected chi connectivity index (χ2v) is 7.27. The zero-order chi connectivity index (χ0) is 14.0. The molecule has 1 heterocycles. The molecule has 18 heavy (non-hydrogen) atoms. The van der Waals surface area contributed by atoms with Gasteiger partial charge in [-0.15, -0.1) is 0 Å². The van der Waals surface area contributed by atoms with Gasteiger partial charge in [-0.05, 0) is 33.7 Å². The average Bonchev–Trinajstić information content (AvgIpc) is 2.28. The van der Waals surface area contributed by atoms with Crippen LogP contribution in [-0.4, -0.2) is 56.6 Å². The molecule has 0 aromatic carbocycles. The van der Waals surface area contributed by atoms with Gasteiger partial charge in [0.05, 0.1) is 11.8 Å². The standard InChI is InChI=1S/C11H23N3O3S/c1-11(2,12-3)10(15)13-9-5-7-14(8-6-9)18(4,16)17/h9,12H,5-8H2,1-4H3,(H,13,15). The number of piperidine rings is 1. The van der Waals surface area contributed by atoms with E-state index >= 15 is 0 Å². The molecule has 0 radical (unpaired) electrons. The average molecular weight is 277 g/mol. The van der Waals surface area contributed by atoms with Crippen molar-refractivity contribution in [1.29, 1.82) is 0 Å². The summed E-state index contributed by atoms with van der Waals surface area (Å²) in [5.74, 6) is -0.0530. The van der Waals surface area contributed by atoms with Crippen LogP contribution < -0.4 is 10.6 Å². The van der Waals surface area contributed by atoms with Gasteiger partial charge < -0.3 is 10.6 Å². The molecule has 0 aliphatic carbocycles. The Kier molecular flexibility index (Phi) is 4.74. The number of amides is 1. The van der Waals surface area contributed by atoms with Crippen LogP contribution in [0.25, 0.3) is 0 Å². The van der Waals surface area contributed by atoms with Crippen LogP contribution in [0.1, 0.15) is 26.7 Å². The molecule has 1 aliphatic rings. The zero-order valence-electron chi connectivity index (χ0n) is 11.5. The van der Waals surface area contributed by atoms with Crippen molar-refractivity contribution in [3.63, 3.8) is 0 Å². The topological polar surface area (TPSA) is 78.5 Å². The monoisotopic (exact) mass is 277 g/mol. The van der Waals surface area contributed by atoms with Crippen molar-refractivity contribution in [2.45, 2.75) is 38.3 Å². The van der Waals surface area contributed by atoms with Crippen LogP contribution in [0, 0.1) is 0 Å². The van der Waals surface area contributed by atoms with Crippen molar-refractivity contribution in [3.05, 3.63) is 0 Å². The highest BCUT2D eigenvalue weighted by atomic mass is 32.2. The third-order valence-corrected chi connectivity index (χ3v) is 4.75. The molecule has 6 nitrogen and oxygen atoms in total. The van der Waals surface area contributed by atoms with Gasteiger partial charge in [0.1, 0.15) is 0 Å². The van der Waals surface area contributed by atoms with Crippen molar-refractivity contribution in [3.8, 4) is 0 Å². The summed E-state index contributed by atoms with van der Waals surface area (Å²) in [7, 11) is -1.36. The quantitative estimate of drug-likeness (QED) is 0.728. The van der Waals surface area contributed by atoms with E-state index in [-0.39, 0.29) is 11.9 Å². The van der Waals surface area contributed by atoms with Crippen LogP contribution in [0.5, 0.6) is 0 Å². The Morgan fingerprint density at radius 1 is 1.28 bits per heavy atom. The molecule has 7 heteroatoms. The van der Waals surface area contributed by atoms with E-state index in [1.165, 1.54) is 10.6 Å². The minimum atomic E-state index is -3.10. The lowest BCUT2D eigenvalue weighted by atomic mass is 10.0. The maximum atomic E-state index is 11.9. The number of hydrogen-bond donors (Lipinski definition) is 2. The maximum absolute atomic E-state index is 11.9. The van der Waals surface area contributed by atoms with Gasteiger partial charge in [-0.3, -0.25) is 4.79 Å². The molecule has 0 saturated carbocycles. The number of carbonyl (C=O) groups is 1. The number of rotatable bonds is 4. The third kappa shape index (κ3) is 3.93. The molecule has 0 aromatic rings. The highest BCUT2D eigenvalue weighted by Crippen LogP contribution is 2.14. The Bertz CT molecular complexity index is 398. The molecule has 1 rings (SSSR count). The molecular formula is C11H23N3O3S. The molecule has 0 aromatic heterocycles. The summed E-state index contributed by atoms with van der Waals surface area (Å²) in [6, 6.07) is 0.0584. The van der Waals surface area contributed by atoms with Gasteiger partial charge in [0.15, 0.2) is 0 Å². The Morgan fingerprint density at radius 3 is 2.17 bits per heavy atom. The molecule has 1 aliphatic heterocycles. The molecular weight excluding hydrogens is 254 g/mol. The fourth-order valence-electron chi connectivity index (χ4n) is 1.81. The molecule has 0 atom stereocenters. The van der Waals surface area contributed by atoms with E-state index in [0.717, 1.165) is 0 Å². The van der Waals surface area contributed by atoms with E-state index in [1.54, 1.807) is 7.05 Å². The smallest absolute Gasteiger partial charge is 0.239 e. The number of sulfonamides is 1. The minimum absolute atomic E-state index is 0.0530. The second kappa shape index (κ2) is 5.54. The van der Waals surface area contributed by atoms with Gasteiger partial charge >= 0.3 is 0 Å². The second-order valence-electron chi connectivity index (χ2n) is 5.28. The van der Waals surface area contributed by atoms with Crippen molar-refractivity contribution < 1.29 is 13.2 Å². The molecule has 0 spiro atoms. The summed E-state index contributed by atoms with van der Waals surface area (Å²) in [6.45, 7) is 4.58. The lowest BCUT2D eigenvalue weighted by Gasteiger charge is -2.33. The van der Waals surface area contributed by atoms with Crippen LogP contribution in [-0.2, 0) is 14.8 Å². The van der Waals surface area contributed by atoms with Crippen LogP contribution >= 0.6 is 0 Å². The Morgan fingerprint density at radius 2 is 1.78 bits per heavy atom. The molecule has 0 unspecified atom stereocenters. The highest BCUT2D eigenvalue weighted by molar-refractivity contribution is 7.88. The van der Waals surface area contributed by atoms with Gasteiger partial charge in [-0.1, -0.05) is 0 Å². The molecule has 1 fully saturated rings. The van der Waals surface area contributed by atoms with Crippen LogP contribution in [0.4, 0.5) is 0 Å². The van der Waals surface area contributed by atoms with E-state index in [4.69, 9.17) is 0 Å². The minimum Gasteiger partial charge on any atom is -0.352 e. The lowest BCUT2D eigenvalue weighted by molar-refractivity contribution is -0.127. The Hall–Kier alpha value is -0.660. The van der Waals surface area contributed by atoms with E-state index in [9.17, 15) is 13.2 Å². The predicted molar refractivity (Wildman–Crippen MR) is 70.7 cm³/mol. The first-order valence-electron chi connectivity index (χ1n) is 6.12. The van der Waals surface area contributed by atoms with Gasteiger partial charge in [-0.2, -0.15) is 0 Å². The fourth-order valence-corrected chi connectivity index (χ4v) is 2.69. The normalized spacial score (nSPS) is 19.8. The third-order valence-electron chi connectivity index (χ3n) is 3.45. The number of nitrogens with one attached hydrogen (secondary N) is 2. The SMILES string of the molecule is CNC(C)(C)C(=O)NC1CCN(S(C)(=O)=O)CC1. The number of hydrogen-bond acceptors (Lipinski definition) is 4. The molecule has 1 amide bonds. The Labute approximate surface area is 109 Å². The fraction of sp³-hybridized carbons (Fsp3) is 0.909. The first kappa shape index (κ1) is 15.4. The summed E-state index contributed by atoms with van der Waals surface area (Å²) >= 11 is 0. The van der Waals surface area contributed by atoms with Crippen molar-refractivity contribution in [2.24, 2.45) is 0 Å². The van der Waals surface area contributed by atoms with Crippen LogP contribution in [0.15, 0.2) is 0 Å². The predicted octanol–water partition coefficient (Wildman–Crippen LogP) is -0.475. The Balaban J connectivity index is 2.48. The van der Waals surface area contributed by atoms with Gasteiger partial charge in [-0.25, -0.2) is 12.7 Å². The van der Waals surface area contributed by atoms with Crippen molar-refractivity contribution in [1.82, 2.24) is 14.9 Å². The van der Waals surface area contributed by atoms with Gasteiger partial charge in [0, 0.05) is 19.1 Å². The number of carbonyl (C=O) groups excluding carboxylic acids is 1. The van der Waals surface area contributed by atoms with Crippen LogP contribution in [0.2, 0.25) is 0 Å². The van der Waals surface area contributed by atoms with E-state index in [1.807, 2.05) is 13.8 Å². The summed E-state index contributed by atoms with van der Waals surface area (Å²) in [5.41, 5.74) is -0.603. The van der Waals surface area contributed by atoms with Crippen molar-refractivity contribution >= 4 is 15.9 Å². The summed E-state index contributed by atoms with van der Waals surface area (Å²) in [6.07, 6.45) is 2.55. The van der Waals surface area contributed by atoms with E-state index < -0.39 is 15.6 Å². The lowest BCUT2D eigenvalue weighted by Crippen LogP contribution is -2.55. The summed E-state index contributed by atoms with van der Waals surface area (Å²) < 4.78 is 24.2. The van der Waals surface area contributed by atoms with Crippen LogP contribution in [0.3, 0.4) is 0 Å². The number of nitrogens with zero attached hydrogens (tertiary/aromatic N) is 1. The molecule has 106 valence electrons. The van der Waals surface area contributed by atoms with E-state index in [0.29, 0.717) is 25.9 Å². The molecule has 0 bridgehead atoms. The largest absolute Gasteiger partial charge is 0.352 e. The van der Waals surface area contributed by atoms with Gasteiger partial charge in [0.2, 0.25) is 15.9 Å².